The minimum Gasteiger partial charge on any atom is -0.463 e. The summed E-state index contributed by atoms with van der Waals surface area (Å²) in [5.74, 6) is 0.677. The quantitative estimate of drug-likeness (QED) is 0.626. The Morgan fingerprint density at radius 2 is 2.13 bits per heavy atom. The Kier molecular flexibility index (Phi) is 1.79. The van der Waals surface area contributed by atoms with Crippen LogP contribution in [0.3, 0.4) is 0 Å². The van der Waals surface area contributed by atoms with Gasteiger partial charge in [-0.15, -0.1) is 0 Å². The van der Waals surface area contributed by atoms with Crippen LogP contribution in [0.1, 0.15) is 0 Å². The molecule has 0 aliphatic heterocycles. The Bertz CT molecular complexity index is 598. The van der Waals surface area contributed by atoms with E-state index in [2.05, 4.69) is 5.16 Å². The Labute approximate surface area is 90.2 Å². The summed E-state index contributed by atoms with van der Waals surface area (Å²) in [6, 6.07) is 9.00. The van der Waals surface area contributed by atoms with Crippen molar-refractivity contribution in [3.8, 4) is 11.5 Å². The molecular formula is C11H6ClNO2. The van der Waals surface area contributed by atoms with E-state index in [1.54, 1.807) is 24.5 Å². The number of aromatic nitrogens is 1. The first kappa shape index (κ1) is 8.56. The van der Waals surface area contributed by atoms with Crippen molar-refractivity contribution in [1.82, 2.24) is 5.16 Å². The van der Waals surface area contributed by atoms with Gasteiger partial charge in [-0.3, -0.25) is 0 Å². The molecule has 0 unspecified atom stereocenters. The van der Waals surface area contributed by atoms with Gasteiger partial charge in [-0.25, -0.2) is 0 Å². The van der Waals surface area contributed by atoms with Gasteiger partial charge in [0.05, 0.1) is 11.6 Å². The van der Waals surface area contributed by atoms with Gasteiger partial charge in [0.1, 0.15) is 0 Å². The minimum atomic E-state index is 0.651. The summed E-state index contributed by atoms with van der Waals surface area (Å²) in [6.07, 6.45) is 1.60. The van der Waals surface area contributed by atoms with Crippen molar-refractivity contribution in [2.45, 2.75) is 0 Å². The average Bonchev–Trinajstić information content (AvgIpc) is 2.83. The lowest BCUT2D eigenvalue weighted by atomic mass is 10.2. The zero-order chi connectivity index (χ0) is 10.3. The van der Waals surface area contributed by atoms with Crippen molar-refractivity contribution in [1.29, 1.82) is 0 Å². The number of fused-ring (bicyclic) bond motifs is 1. The van der Waals surface area contributed by atoms with Gasteiger partial charge in [-0.2, -0.15) is 0 Å². The summed E-state index contributed by atoms with van der Waals surface area (Å²) < 4.78 is 10.4. The average molecular weight is 220 g/mol. The molecule has 3 aromatic rings. The first-order chi connectivity index (χ1) is 7.34. The largest absolute Gasteiger partial charge is 0.463 e. The first-order valence-electron chi connectivity index (χ1n) is 4.43. The van der Waals surface area contributed by atoms with Gasteiger partial charge >= 0.3 is 0 Å². The van der Waals surface area contributed by atoms with E-state index in [0.717, 1.165) is 5.39 Å². The first-order valence-corrected chi connectivity index (χ1v) is 4.81. The molecule has 0 radical (unpaired) electrons. The van der Waals surface area contributed by atoms with Crippen LogP contribution in [0.25, 0.3) is 22.4 Å². The van der Waals surface area contributed by atoms with Crippen LogP contribution in [-0.2, 0) is 0 Å². The molecule has 2 heterocycles. The van der Waals surface area contributed by atoms with Gasteiger partial charge < -0.3 is 8.94 Å². The predicted molar refractivity (Wildman–Crippen MR) is 56.7 cm³/mol. The molecule has 3 nitrogen and oxygen atoms in total. The van der Waals surface area contributed by atoms with Crippen LogP contribution in [-0.4, -0.2) is 5.16 Å². The molecule has 0 aliphatic carbocycles. The van der Waals surface area contributed by atoms with E-state index in [1.807, 2.05) is 12.1 Å². The molecule has 0 bridgehead atoms. The summed E-state index contributed by atoms with van der Waals surface area (Å²) >= 11 is 5.91. The van der Waals surface area contributed by atoms with Gasteiger partial charge in [0, 0.05) is 5.02 Å². The summed E-state index contributed by atoms with van der Waals surface area (Å²) in [4.78, 5) is 0. The maximum absolute atomic E-state index is 5.91. The molecule has 0 fully saturated rings. The third-order valence-corrected chi connectivity index (χ3v) is 2.42. The zero-order valence-electron chi connectivity index (χ0n) is 7.61. The molecule has 0 saturated heterocycles. The van der Waals surface area contributed by atoms with E-state index in [0.29, 0.717) is 22.1 Å². The Balaban J connectivity index is 2.32. The van der Waals surface area contributed by atoms with E-state index in [-0.39, 0.29) is 0 Å². The Hall–Kier alpha value is -1.74. The number of hydrogen-bond donors (Lipinski definition) is 0. The number of furan rings is 1. The molecule has 0 spiro atoms. The predicted octanol–water partition coefficient (Wildman–Crippen LogP) is 3.74. The zero-order valence-corrected chi connectivity index (χ0v) is 8.36. The Morgan fingerprint density at radius 1 is 1.20 bits per heavy atom. The standard InChI is InChI=1S/C11H6ClNO2/c12-7-3-4-9-8(6-7)11(13-15-9)10-2-1-5-14-10/h1-6H. The number of hydrogen-bond acceptors (Lipinski definition) is 3. The summed E-state index contributed by atoms with van der Waals surface area (Å²) in [5.41, 5.74) is 1.38. The van der Waals surface area contributed by atoms with Crippen LogP contribution in [0, 0.1) is 0 Å². The molecule has 0 amide bonds. The van der Waals surface area contributed by atoms with E-state index in [1.165, 1.54) is 0 Å². The fourth-order valence-electron chi connectivity index (χ4n) is 1.50. The highest BCUT2D eigenvalue weighted by atomic mass is 35.5. The van der Waals surface area contributed by atoms with Crippen LogP contribution in [0.5, 0.6) is 0 Å². The lowest BCUT2D eigenvalue weighted by Crippen LogP contribution is -1.73. The van der Waals surface area contributed by atoms with Gasteiger partial charge in [-0.05, 0) is 30.3 Å². The monoisotopic (exact) mass is 219 g/mol. The number of benzene rings is 1. The van der Waals surface area contributed by atoms with E-state index in [4.69, 9.17) is 20.5 Å². The number of nitrogens with zero attached hydrogens (tertiary/aromatic N) is 1. The Morgan fingerprint density at radius 3 is 2.93 bits per heavy atom. The molecule has 2 aromatic heterocycles. The third kappa shape index (κ3) is 1.32. The minimum absolute atomic E-state index is 0.651. The second-order valence-corrected chi connectivity index (χ2v) is 3.59. The topological polar surface area (TPSA) is 39.2 Å². The van der Waals surface area contributed by atoms with Gasteiger partial charge in [-0.1, -0.05) is 16.8 Å². The van der Waals surface area contributed by atoms with Crippen molar-refractivity contribution in [2.75, 3.05) is 0 Å². The van der Waals surface area contributed by atoms with E-state index < -0.39 is 0 Å². The third-order valence-electron chi connectivity index (χ3n) is 2.19. The molecular weight excluding hydrogens is 214 g/mol. The highest BCUT2D eigenvalue weighted by molar-refractivity contribution is 6.31. The molecule has 0 aliphatic rings. The number of halogens is 1. The maximum Gasteiger partial charge on any atom is 0.167 e. The molecule has 0 N–H and O–H groups in total. The smallest absolute Gasteiger partial charge is 0.167 e. The van der Waals surface area contributed by atoms with Crippen molar-refractivity contribution in [2.24, 2.45) is 0 Å². The van der Waals surface area contributed by atoms with Crippen LogP contribution < -0.4 is 0 Å². The summed E-state index contributed by atoms with van der Waals surface area (Å²) in [7, 11) is 0. The summed E-state index contributed by atoms with van der Waals surface area (Å²) in [5, 5.41) is 5.46. The van der Waals surface area contributed by atoms with Crippen molar-refractivity contribution >= 4 is 22.6 Å². The molecule has 3 rings (SSSR count). The van der Waals surface area contributed by atoms with Crippen molar-refractivity contribution in [3.05, 3.63) is 41.6 Å². The lowest BCUT2D eigenvalue weighted by Gasteiger charge is -1.91. The van der Waals surface area contributed by atoms with Crippen LogP contribution in [0.15, 0.2) is 45.5 Å². The van der Waals surface area contributed by atoms with Gasteiger partial charge in [0.25, 0.3) is 0 Å². The lowest BCUT2D eigenvalue weighted by molar-refractivity contribution is 0.455. The fourth-order valence-corrected chi connectivity index (χ4v) is 1.67. The van der Waals surface area contributed by atoms with Gasteiger partial charge in [0.15, 0.2) is 17.0 Å². The maximum atomic E-state index is 5.91. The van der Waals surface area contributed by atoms with Crippen LogP contribution in [0.2, 0.25) is 5.02 Å². The van der Waals surface area contributed by atoms with Gasteiger partial charge in [0.2, 0.25) is 0 Å². The highest BCUT2D eigenvalue weighted by Gasteiger charge is 2.12. The molecule has 0 saturated carbocycles. The molecule has 74 valence electrons. The summed E-state index contributed by atoms with van der Waals surface area (Å²) in [6.45, 7) is 0. The number of rotatable bonds is 1. The van der Waals surface area contributed by atoms with Crippen molar-refractivity contribution < 1.29 is 8.94 Å². The van der Waals surface area contributed by atoms with E-state index in [9.17, 15) is 0 Å². The second-order valence-electron chi connectivity index (χ2n) is 3.15. The fraction of sp³-hybridized carbons (Fsp3) is 0. The highest BCUT2D eigenvalue weighted by Crippen LogP contribution is 2.29. The van der Waals surface area contributed by atoms with Crippen molar-refractivity contribution in [3.63, 3.8) is 0 Å². The molecule has 1 aromatic carbocycles. The molecule has 0 atom stereocenters. The van der Waals surface area contributed by atoms with E-state index >= 15 is 0 Å². The van der Waals surface area contributed by atoms with Crippen LogP contribution >= 0.6 is 11.6 Å². The second kappa shape index (κ2) is 3.14. The van der Waals surface area contributed by atoms with Crippen LogP contribution in [0.4, 0.5) is 0 Å². The molecule has 15 heavy (non-hydrogen) atoms. The SMILES string of the molecule is Clc1ccc2onc(-c3ccco3)c2c1. The normalized spacial score (nSPS) is 11.0. The molecule has 4 heteroatoms.